The third kappa shape index (κ3) is 6.57. The summed E-state index contributed by atoms with van der Waals surface area (Å²) in [4.78, 5) is 14.0. The van der Waals surface area contributed by atoms with E-state index in [-0.39, 0.29) is 6.61 Å². The van der Waals surface area contributed by atoms with Crippen molar-refractivity contribution in [2.75, 3.05) is 19.0 Å². The normalized spacial score (nSPS) is 10.3. The molecule has 29 heavy (non-hydrogen) atoms. The zero-order valence-electron chi connectivity index (χ0n) is 16.8. The second kappa shape index (κ2) is 10.2. The van der Waals surface area contributed by atoms with Crippen molar-refractivity contribution < 1.29 is 14.3 Å². The Kier molecular flexibility index (Phi) is 7.11. The van der Waals surface area contributed by atoms with Crippen LogP contribution >= 0.6 is 0 Å². The van der Waals surface area contributed by atoms with Crippen LogP contribution in [0.5, 0.6) is 5.75 Å². The minimum atomic E-state index is -0.447. The van der Waals surface area contributed by atoms with Crippen molar-refractivity contribution in [3.63, 3.8) is 0 Å². The van der Waals surface area contributed by atoms with Gasteiger partial charge in [-0.2, -0.15) is 0 Å². The molecule has 0 fully saturated rings. The molecule has 0 atom stereocenters. The average molecular weight is 390 g/mol. The van der Waals surface area contributed by atoms with Crippen molar-refractivity contribution in [2.24, 2.45) is 0 Å². The smallest absolute Gasteiger partial charge is 0.407 e. The molecule has 5 heteroatoms. The molecule has 3 rings (SSSR count). The summed E-state index contributed by atoms with van der Waals surface area (Å²) in [7, 11) is 3.98. The molecule has 0 saturated heterocycles. The number of nitrogens with one attached hydrogen (secondary N) is 1. The first-order chi connectivity index (χ1) is 14.1. The SMILES string of the molecule is CN(C)c1ccc(CNC(=O)OCc2cccc(OCc3ccccc3)c2)cc1. The van der Waals surface area contributed by atoms with Gasteiger partial charge in [0.25, 0.3) is 0 Å². The molecule has 3 aromatic carbocycles. The van der Waals surface area contributed by atoms with E-state index in [4.69, 9.17) is 9.47 Å². The van der Waals surface area contributed by atoms with Crippen LogP contribution in [0, 0.1) is 0 Å². The molecule has 0 unspecified atom stereocenters. The van der Waals surface area contributed by atoms with Gasteiger partial charge in [-0.1, -0.05) is 54.6 Å². The molecule has 0 aliphatic rings. The summed E-state index contributed by atoms with van der Waals surface area (Å²) in [6, 6.07) is 25.6. The van der Waals surface area contributed by atoms with Gasteiger partial charge >= 0.3 is 6.09 Å². The minimum Gasteiger partial charge on any atom is -0.489 e. The number of alkyl carbamates (subject to hydrolysis) is 1. The maximum Gasteiger partial charge on any atom is 0.407 e. The van der Waals surface area contributed by atoms with Crippen molar-refractivity contribution in [3.8, 4) is 5.75 Å². The van der Waals surface area contributed by atoms with Crippen LogP contribution in [0.1, 0.15) is 16.7 Å². The molecule has 0 aliphatic carbocycles. The molecule has 0 aromatic heterocycles. The minimum absolute atomic E-state index is 0.188. The molecule has 5 nitrogen and oxygen atoms in total. The zero-order valence-corrected chi connectivity index (χ0v) is 16.8. The molecule has 3 aromatic rings. The van der Waals surface area contributed by atoms with Gasteiger partial charge in [0.2, 0.25) is 0 Å². The standard InChI is InChI=1S/C24H26N2O3/c1-26(2)22-13-11-19(12-14-22)16-25-24(27)29-18-21-9-6-10-23(15-21)28-17-20-7-4-3-5-8-20/h3-15H,16-18H2,1-2H3,(H,25,27). The third-order valence-electron chi connectivity index (χ3n) is 4.41. The highest BCUT2D eigenvalue weighted by molar-refractivity contribution is 5.67. The van der Waals surface area contributed by atoms with E-state index in [1.165, 1.54) is 0 Å². The van der Waals surface area contributed by atoms with Gasteiger partial charge in [0.1, 0.15) is 19.0 Å². The Morgan fingerprint density at radius 2 is 1.55 bits per heavy atom. The lowest BCUT2D eigenvalue weighted by Gasteiger charge is -2.13. The second-order valence-corrected chi connectivity index (χ2v) is 6.91. The quantitative estimate of drug-likeness (QED) is 0.603. The Morgan fingerprint density at radius 3 is 2.28 bits per heavy atom. The van der Waals surface area contributed by atoms with Gasteiger partial charge in [0, 0.05) is 26.3 Å². The van der Waals surface area contributed by atoms with Crippen LogP contribution in [0.2, 0.25) is 0 Å². The largest absolute Gasteiger partial charge is 0.489 e. The topological polar surface area (TPSA) is 50.8 Å². The summed E-state index contributed by atoms with van der Waals surface area (Å²) in [6.07, 6.45) is -0.447. The highest BCUT2D eigenvalue weighted by Crippen LogP contribution is 2.16. The lowest BCUT2D eigenvalue weighted by Crippen LogP contribution is -2.23. The van der Waals surface area contributed by atoms with Gasteiger partial charge in [0.15, 0.2) is 0 Å². The van der Waals surface area contributed by atoms with Crippen LogP contribution < -0.4 is 15.0 Å². The van der Waals surface area contributed by atoms with E-state index in [0.29, 0.717) is 13.2 Å². The molecule has 0 saturated carbocycles. The number of ether oxygens (including phenoxy) is 2. The monoisotopic (exact) mass is 390 g/mol. The van der Waals surface area contributed by atoms with Crippen LogP contribution in [0.25, 0.3) is 0 Å². The molecule has 1 N–H and O–H groups in total. The van der Waals surface area contributed by atoms with E-state index in [0.717, 1.165) is 28.1 Å². The lowest BCUT2D eigenvalue weighted by atomic mass is 10.2. The summed E-state index contributed by atoms with van der Waals surface area (Å²) in [5.74, 6) is 0.747. The molecule has 0 bridgehead atoms. The molecule has 150 valence electrons. The predicted molar refractivity (Wildman–Crippen MR) is 115 cm³/mol. The Morgan fingerprint density at radius 1 is 0.828 bits per heavy atom. The van der Waals surface area contributed by atoms with E-state index >= 15 is 0 Å². The predicted octanol–water partition coefficient (Wildman–Crippen LogP) is 4.76. The molecule has 1 amide bonds. The van der Waals surface area contributed by atoms with Gasteiger partial charge < -0.3 is 19.7 Å². The molecule has 0 heterocycles. The van der Waals surface area contributed by atoms with Gasteiger partial charge in [-0.05, 0) is 41.0 Å². The second-order valence-electron chi connectivity index (χ2n) is 6.91. The number of hydrogen-bond acceptors (Lipinski definition) is 4. The van der Waals surface area contributed by atoms with Crippen LogP contribution in [0.15, 0.2) is 78.9 Å². The number of carbonyl (C=O) groups excluding carboxylic acids is 1. The molecule has 0 spiro atoms. The Hall–Kier alpha value is -3.47. The maximum atomic E-state index is 12.0. The molecule has 0 aliphatic heterocycles. The van der Waals surface area contributed by atoms with E-state index < -0.39 is 6.09 Å². The summed E-state index contributed by atoms with van der Waals surface area (Å²) < 4.78 is 11.1. The highest BCUT2D eigenvalue weighted by Gasteiger charge is 2.05. The van der Waals surface area contributed by atoms with Crippen molar-refractivity contribution in [1.29, 1.82) is 0 Å². The van der Waals surface area contributed by atoms with Crippen molar-refractivity contribution >= 4 is 11.8 Å². The van der Waals surface area contributed by atoms with Gasteiger partial charge in [-0.3, -0.25) is 0 Å². The first kappa shape index (κ1) is 20.3. The molecular weight excluding hydrogens is 364 g/mol. The van der Waals surface area contributed by atoms with E-state index in [9.17, 15) is 4.79 Å². The number of carbonyl (C=O) groups is 1. The summed E-state index contributed by atoms with van der Waals surface area (Å²) in [5, 5.41) is 2.77. The average Bonchev–Trinajstić information content (AvgIpc) is 2.76. The fraction of sp³-hybridized carbons (Fsp3) is 0.208. The third-order valence-corrected chi connectivity index (χ3v) is 4.41. The van der Waals surface area contributed by atoms with Crippen molar-refractivity contribution in [3.05, 3.63) is 95.6 Å². The molecular formula is C24H26N2O3. The Balaban J connectivity index is 1.43. The van der Waals surface area contributed by atoms with Gasteiger partial charge in [-0.25, -0.2) is 4.79 Å². The number of rotatable bonds is 8. The maximum absolute atomic E-state index is 12.0. The van der Waals surface area contributed by atoms with Crippen LogP contribution in [0.4, 0.5) is 10.5 Å². The Bertz CT molecular complexity index is 909. The van der Waals surface area contributed by atoms with Crippen LogP contribution in [-0.4, -0.2) is 20.2 Å². The Labute approximate surface area is 171 Å². The number of hydrogen-bond donors (Lipinski definition) is 1. The summed E-state index contributed by atoms with van der Waals surface area (Å²) in [5.41, 5.74) is 4.11. The highest BCUT2D eigenvalue weighted by atomic mass is 16.5. The van der Waals surface area contributed by atoms with Gasteiger partial charge in [0.05, 0.1) is 0 Å². The van der Waals surface area contributed by atoms with E-state index in [1.807, 2.05) is 97.9 Å². The summed E-state index contributed by atoms with van der Waals surface area (Å²) >= 11 is 0. The zero-order chi connectivity index (χ0) is 20.5. The van der Waals surface area contributed by atoms with Crippen LogP contribution in [0.3, 0.4) is 0 Å². The number of amides is 1. The number of anilines is 1. The van der Waals surface area contributed by atoms with Gasteiger partial charge in [-0.15, -0.1) is 0 Å². The number of nitrogens with zero attached hydrogens (tertiary/aromatic N) is 1. The molecule has 0 radical (unpaired) electrons. The van der Waals surface area contributed by atoms with Crippen LogP contribution in [-0.2, 0) is 24.5 Å². The van der Waals surface area contributed by atoms with E-state index in [2.05, 4.69) is 5.32 Å². The first-order valence-electron chi connectivity index (χ1n) is 9.53. The van der Waals surface area contributed by atoms with Crippen molar-refractivity contribution in [2.45, 2.75) is 19.8 Å². The lowest BCUT2D eigenvalue weighted by molar-refractivity contribution is 0.139. The summed E-state index contributed by atoms with van der Waals surface area (Å²) in [6.45, 7) is 1.11. The first-order valence-corrected chi connectivity index (χ1v) is 9.53. The number of benzene rings is 3. The fourth-order valence-corrected chi connectivity index (χ4v) is 2.75. The fourth-order valence-electron chi connectivity index (χ4n) is 2.75. The van der Waals surface area contributed by atoms with E-state index in [1.54, 1.807) is 0 Å². The van der Waals surface area contributed by atoms with Crippen molar-refractivity contribution in [1.82, 2.24) is 5.32 Å².